The molecule has 0 aliphatic rings. The lowest BCUT2D eigenvalue weighted by atomic mass is 10.2. The first-order valence-corrected chi connectivity index (χ1v) is 6.11. The van der Waals surface area contributed by atoms with E-state index in [1.165, 1.54) is 0 Å². The van der Waals surface area contributed by atoms with Crippen molar-refractivity contribution in [2.24, 2.45) is 5.73 Å². The van der Waals surface area contributed by atoms with Gasteiger partial charge in [0.25, 0.3) is 0 Å². The van der Waals surface area contributed by atoms with Gasteiger partial charge in [0.1, 0.15) is 18.0 Å². The highest BCUT2D eigenvalue weighted by atomic mass is 15.2. The van der Waals surface area contributed by atoms with Gasteiger partial charge in [-0.25, -0.2) is 9.97 Å². The molecule has 3 N–H and O–H groups in total. The van der Waals surface area contributed by atoms with Gasteiger partial charge in [-0.3, -0.25) is 5.41 Å². The highest BCUT2D eigenvalue weighted by molar-refractivity contribution is 5.95. The smallest absolute Gasteiger partial charge is 0.136 e. The lowest BCUT2D eigenvalue weighted by Crippen LogP contribution is -2.14. The zero-order valence-electron chi connectivity index (χ0n) is 11.1. The first-order chi connectivity index (χ1) is 9.11. The minimum Gasteiger partial charge on any atom is -0.384 e. The number of hydrogen-bond acceptors (Lipinski definition) is 4. The van der Waals surface area contributed by atoms with E-state index in [1.54, 1.807) is 6.33 Å². The molecule has 0 radical (unpaired) electrons. The molecule has 0 saturated heterocycles. The number of nitrogens with one attached hydrogen (secondary N) is 1. The van der Waals surface area contributed by atoms with Gasteiger partial charge in [-0.2, -0.15) is 0 Å². The van der Waals surface area contributed by atoms with Gasteiger partial charge in [-0.1, -0.05) is 6.92 Å². The summed E-state index contributed by atoms with van der Waals surface area (Å²) in [6.45, 7) is 2.06. The van der Waals surface area contributed by atoms with Crippen LogP contribution in [-0.4, -0.2) is 22.9 Å². The second kappa shape index (κ2) is 5.48. The molecule has 0 bridgehead atoms. The van der Waals surface area contributed by atoms with Crippen molar-refractivity contribution in [2.75, 3.05) is 11.9 Å². The van der Waals surface area contributed by atoms with Gasteiger partial charge in [-0.15, -0.1) is 0 Å². The molecule has 0 saturated carbocycles. The van der Waals surface area contributed by atoms with E-state index in [2.05, 4.69) is 16.9 Å². The maximum Gasteiger partial charge on any atom is 0.136 e. The lowest BCUT2D eigenvalue weighted by molar-refractivity contribution is 0.980. The zero-order valence-corrected chi connectivity index (χ0v) is 11.1. The summed E-state index contributed by atoms with van der Waals surface area (Å²) in [6, 6.07) is 9.47. The molecule has 1 heterocycles. The molecule has 2 rings (SSSR count). The number of benzene rings is 1. The van der Waals surface area contributed by atoms with Crippen molar-refractivity contribution >= 4 is 17.3 Å². The molecule has 5 nitrogen and oxygen atoms in total. The Morgan fingerprint density at radius 2 is 1.95 bits per heavy atom. The van der Waals surface area contributed by atoms with Crippen LogP contribution in [0.3, 0.4) is 0 Å². The van der Waals surface area contributed by atoms with Gasteiger partial charge in [0.15, 0.2) is 0 Å². The molecule has 19 heavy (non-hydrogen) atoms. The predicted octanol–water partition coefficient (Wildman–Crippen LogP) is 2.09. The minimum absolute atomic E-state index is 0.0736. The van der Waals surface area contributed by atoms with E-state index in [-0.39, 0.29) is 5.84 Å². The summed E-state index contributed by atoms with van der Waals surface area (Å²) in [4.78, 5) is 10.4. The van der Waals surface area contributed by atoms with Crippen LogP contribution in [0.1, 0.15) is 18.2 Å². The van der Waals surface area contributed by atoms with Gasteiger partial charge in [0, 0.05) is 30.1 Å². The topological polar surface area (TPSA) is 78.9 Å². The SMILES string of the molecule is CCc1cc(N(C)c2ccc(C(=N)N)cc2)ncn1. The molecule has 0 atom stereocenters. The Kier molecular flexibility index (Phi) is 3.75. The average Bonchev–Trinajstić information content (AvgIpc) is 2.46. The van der Waals surface area contributed by atoms with E-state index in [0.717, 1.165) is 23.6 Å². The second-order valence-electron chi connectivity index (χ2n) is 4.24. The van der Waals surface area contributed by atoms with Crippen LogP contribution < -0.4 is 10.6 Å². The Hall–Kier alpha value is -2.43. The number of amidine groups is 1. The van der Waals surface area contributed by atoms with E-state index in [4.69, 9.17) is 11.1 Å². The normalized spacial score (nSPS) is 10.2. The molecule has 0 fully saturated rings. The fraction of sp³-hybridized carbons (Fsp3) is 0.214. The summed E-state index contributed by atoms with van der Waals surface area (Å²) in [7, 11) is 1.95. The third-order valence-electron chi connectivity index (χ3n) is 2.98. The van der Waals surface area contributed by atoms with Crippen LogP contribution in [0, 0.1) is 5.41 Å². The summed E-state index contributed by atoms with van der Waals surface area (Å²) in [6.07, 6.45) is 2.46. The highest BCUT2D eigenvalue weighted by Crippen LogP contribution is 2.22. The molecule has 5 heteroatoms. The van der Waals surface area contributed by atoms with E-state index < -0.39 is 0 Å². The van der Waals surface area contributed by atoms with Gasteiger partial charge in [-0.05, 0) is 30.7 Å². The first kappa shape index (κ1) is 13.0. The van der Waals surface area contributed by atoms with Crippen LogP contribution in [-0.2, 0) is 6.42 Å². The van der Waals surface area contributed by atoms with Crippen LogP contribution >= 0.6 is 0 Å². The fourth-order valence-corrected chi connectivity index (χ4v) is 1.76. The first-order valence-electron chi connectivity index (χ1n) is 6.11. The number of nitrogen functional groups attached to an aromatic ring is 1. The fourth-order valence-electron chi connectivity index (χ4n) is 1.76. The minimum atomic E-state index is 0.0736. The molecule has 0 unspecified atom stereocenters. The van der Waals surface area contributed by atoms with Crippen molar-refractivity contribution in [1.82, 2.24) is 9.97 Å². The second-order valence-corrected chi connectivity index (χ2v) is 4.24. The Morgan fingerprint density at radius 3 is 2.53 bits per heavy atom. The zero-order chi connectivity index (χ0) is 13.8. The number of anilines is 2. The van der Waals surface area contributed by atoms with Gasteiger partial charge >= 0.3 is 0 Å². The molecule has 0 amide bonds. The third kappa shape index (κ3) is 2.88. The molecule has 2 aromatic rings. The molecular weight excluding hydrogens is 238 g/mol. The summed E-state index contributed by atoms with van der Waals surface area (Å²) >= 11 is 0. The van der Waals surface area contributed by atoms with Crippen LogP contribution in [0.2, 0.25) is 0 Å². The van der Waals surface area contributed by atoms with Crippen molar-refractivity contribution in [3.63, 3.8) is 0 Å². The number of aryl methyl sites for hydroxylation is 1. The van der Waals surface area contributed by atoms with E-state index in [9.17, 15) is 0 Å². The monoisotopic (exact) mass is 255 g/mol. The van der Waals surface area contributed by atoms with Gasteiger partial charge in [0.2, 0.25) is 0 Å². The maximum atomic E-state index is 7.37. The molecule has 0 aliphatic carbocycles. The predicted molar refractivity (Wildman–Crippen MR) is 76.9 cm³/mol. The number of nitrogens with two attached hydrogens (primary N) is 1. The van der Waals surface area contributed by atoms with Crippen LogP contribution in [0.15, 0.2) is 36.7 Å². The largest absolute Gasteiger partial charge is 0.384 e. The lowest BCUT2D eigenvalue weighted by Gasteiger charge is -2.18. The van der Waals surface area contributed by atoms with Crippen LogP contribution in [0.5, 0.6) is 0 Å². The van der Waals surface area contributed by atoms with E-state index in [1.807, 2.05) is 42.3 Å². The van der Waals surface area contributed by atoms with Crippen molar-refractivity contribution < 1.29 is 0 Å². The molecule has 1 aromatic carbocycles. The summed E-state index contributed by atoms with van der Waals surface area (Å²) < 4.78 is 0. The summed E-state index contributed by atoms with van der Waals surface area (Å²) in [5, 5.41) is 7.37. The van der Waals surface area contributed by atoms with Crippen LogP contribution in [0.25, 0.3) is 0 Å². The number of hydrogen-bond donors (Lipinski definition) is 2. The Labute approximate surface area is 112 Å². The molecule has 98 valence electrons. The van der Waals surface area contributed by atoms with Crippen molar-refractivity contribution in [1.29, 1.82) is 5.41 Å². The summed E-state index contributed by atoms with van der Waals surface area (Å²) in [5.41, 5.74) is 8.16. The van der Waals surface area contributed by atoms with Crippen molar-refractivity contribution in [2.45, 2.75) is 13.3 Å². The number of rotatable bonds is 4. The molecule has 0 aliphatic heterocycles. The van der Waals surface area contributed by atoms with E-state index in [0.29, 0.717) is 5.56 Å². The average molecular weight is 255 g/mol. The number of aromatic nitrogens is 2. The molecule has 1 aromatic heterocycles. The van der Waals surface area contributed by atoms with Gasteiger partial charge in [0.05, 0.1) is 0 Å². The van der Waals surface area contributed by atoms with Crippen molar-refractivity contribution in [3.8, 4) is 0 Å². The Morgan fingerprint density at radius 1 is 1.26 bits per heavy atom. The maximum absolute atomic E-state index is 7.37. The summed E-state index contributed by atoms with van der Waals surface area (Å²) in [5.74, 6) is 0.923. The van der Waals surface area contributed by atoms with E-state index >= 15 is 0 Å². The molecule has 0 spiro atoms. The Balaban J connectivity index is 2.27. The number of nitrogens with zero attached hydrogens (tertiary/aromatic N) is 3. The highest BCUT2D eigenvalue weighted by Gasteiger charge is 2.06. The Bertz CT molecular complexity index is 577. The van der Waals surface area contributed by atoms with Crippen molar-refractivity contribution in [3.05, 3.63) is 47.9 Å². The quantitative estimate of drug-likeness (QED) is 0.647. The van der Waals surface area contributed by atoms with Crippen LogP contribution in [0.4, 0.5) is 11.5 Å². The molecular formula is C14H17N5. The standard InChI is InChI=1S/C14H17N5/c1-3-11-8-13(18-9-17-11)19(2)12-6-4-10(5-7-12)14(15)16/h4-9H,3H2,1-2H3,(H3,15,16). The third-order valence-corrected chi connectivity index (χ3v) is 2.98. The van der Waals surface area contributed by atoms with Gasteiger partial charge < -0.3 is 10.6 Å².